The summed E-state index contributed by atoms with van der Waals surface area (Å²) in [4.78, 5) is 0. The zero-order valence-corrected chi connectivity index (χ0v) is 13.1. The van der Waals surface area contributed by atoms with Gasteiger partial charge in [-0.1, -0.05) is 41.4 Å². The molecule has 2 aromatic carbocycles. The molecule has 2 N–H and O–H groups in total. The highest BCUT2D eigenvalue weighted by Gasteiger charge is 2.10. The van der Waals surface area contributed by atoms with Crippen molar-refractivity contribution in [1.29, 1.82) is 0 Å². The van der Waals surface area contributed by atoms with Gasteiger partial charge in [-0.25, -0.2) is 0 Å². The molecule has 0 unspecified atom stereocenters. The normalized spacial score (nSPS) is 10.5. The fraction of sp³-hybridized carbons (Fsp3) is 0.143. The van der Waals surface area contributed by atoms with Gasteiger partial charge in [-0.3, -0.25) is 0 Å². The Morgan fingerprint density at radius 1 is 1.05 bits per heavy atom. The lowest BCUT2D eigenvalue weighted by molar-refractivity contribution is 0.476. The summed E-state index contributed by atoms with van der Waals surface area (Å²) in [5, 5.41) is 1.05. The van der Waals surface area contributed by atoms with E-state index in [1.54, 1.807) is 12.1 Å². The van der Waals surface area contributed by atoms with Gasteiger partial charge in [0.05, 0.1) is 10.0 Å². The van der Waals surface area contributed by atoms with Gasteiger partial charge in [0.1, 0.15) is 11.5 Å². The van der Waals surface area contributed by atoms with Crippen molar-refractivity contribution in [3.63, 3.8) is 0 Å². The zero-order valence-electron chi connectivity index (χ0n) is 10.00. The minimum absolute atomic E-state index is 0.499. The molecule has 0 spiro atoms. The van der Waals surface area contributed by atoms with E-state index in [1.165, 1.54) is 0 Å². The minimum atomic E-state index is 0.499. The summed E-state index contributed by atoms with van der Waals surface area (Å²) in [5.74, 6) is 1.27. The van der Waals surface area contributed by atoms with Gasteiger partial charge in [0, 0.05) is 10.5 Å². The third-order valence-corrected chi connectivity index (χ3v) is 4.07. The van der Waals surface area contributed by atoms with Crippen LogP contribution in [0.4, 0.5) is 0 Å². The number of rotatable bonds is 4. The zero-order chi connectivity index (χ0) is 13.8. The Hall–Kier alpha value is -0.740. The fourth-order valence-corrected chi connectivity index (χ4v) is 2.50. The number of para-hydroxylation sites is 1. The second kappa shape index (κ2) is 6.62. The van der Waals surface area contributed by atoms with Crippen LogP contribution in [0.25, 0.3) is 0 Å². The molecule has 0 atom stereocenters. The third-order valence-electron chi connectivity index (χ3n) is 2.58. The molecular formula is C14H12BrCl2NO. The van der Waals surface area contributed by atoms with Crippen molar-refractivity contribution in [2.45, 2.75) is 6.42 Å². The van der Waals surface area contributed by atoms with Gasteiger partial charge in [-0.05, 0) is 46.6 Å². The predicted octanol–water partition coefficient (Wildman–Crippen LogP) is 5.05. The number of halogens is 3. The molecule has 2 aromatic rings. The Balaban J connectivity index is 2.33. The Labute approximate surface area is 130 Å². The standard InChI is InChI=1S/C14H12BrCl2NO/c15-10-7-12(17)14(8-11(10)16)19-13-4-2-1-3-9(13)5-6-18/h1-4,7-8H,5-6,18H2. The lowest BCUT2D eigenvalue weighted by Gasteiger charge is -2.12. The van der Waals surface area contributed by atoms with Crippen LogP contribution in [0.15, 0.2) is 40.9 Å². The maximum absolute atomic E-state index is 6.14. The van der Waals surface area contributed by atoms with Gasteiger partial charge in [0.15, 0.2) is 0 Å². The van der Waals surface area contributed by atoms with Crippen LogP contribution in [0.5, 0.6) is 11.5 Å². The van der Waals surface area contributed by atoms with Gasteiger partial charge in [0.25, 0.3) is 0 Å². The topological polar surface area (TPSA) is 35.2 Å². The quantitative estimate of drug-likeness (QED) is 0.774. The minimum Gasteiger partial charge on any atom is -0.455 e. The van der Waals surface area contributed by atoms with Crippen LogP contribution in [0.2, 0.25) is 10.0 Å². The Bertz CT molecular complexity index is 590. The van der Waals surface area contributed by atoms with Crippen molar-refractivity contribution >= 4 is 39.1 Å². The van der Waals surface area contributed by atoms with E-state index in [0.29, 0.717) is 22.3 Å². The monoisotopic (exact) mass is 359 g/mol. The summed E-state index contributed by atoms with van der Waals surface area (Å²) in [6.07, 6.45) is 0.748. The summed E-state index contributed by atoms with van der Waals surface area (Å²) in [6, 6.07) is 11.1. The van der Waals surface area contributed by atoms with Crippen LogP contribution in [0.3, 0.4) is 0 Å². The van der Waals surface area contributed by atoms with E-state index in [1.807, 2.05) is 24.3 Å². The highest BCUT2D eigenvalue weighted by molar-refractivity contribution is 9.10. The largest absolute Gasteiger partial charge is 0.455 e. The van der Waals surface area contributed by atoms with E-state index in [4.69, 9.17) is 33.7 Å². The molecule has 0 saturated heterocycles. The predicted molar refractivity (Wildman–Crippen MR) is 83.4 cm³/mol. The second-order valence-electron chi connectivity index (χ2n) is 3.95. The van der Waals surface area contributed by atoms with E-state index >= 15 is 0 Å². The first kappa shape index (κ1) is 14.7. The van der Waals surface area contributed by atoms with Gasteiger partial charge < -0.3 is 10.5 Å². The Morgan fingerprint density at radius 2 is 1.79 bits per heavy atom. The fourth-order valence-electron chi connectivity index (χ4n) is 1.67. The van der Waals surface area contributed by atoms with Gasteiger partial charge in [-0.15, -0.1) is 0 Å². The molecule has 19 heavy (non-hydrogen) atoms. The first-order valence-electron chi connectivity index (χ1n) is 5.72. The average Bonchev–Trinajstić information content (AvgIpc) is 2.38. The molecule has 0 aromatic heterocycles. The van der Waals surface area contributed by atoms with Crippen molar-refractivity contribution < 1.29 is 4.74 Å². The lowest BCUT2D eigenvalue weighted by atomic mass is 10.1. The Morgan fingerprint density at radius 3 is 2.53 bits per heavy atom. The van der Waals surface area contributed by atoms with Gasteiger partial charge in [0.2, 0.25) is 0 Å². The molecule has 0 aliphatic heterocycles. The summed E-state index contributed by atoms with van der Waals surface area (Å²) in [5.41, 5.74) is 6.63. The molecule has 0 saturated carbocycles. The summed E-state index contributed by atoms with van der Waals surface area (Å²) < 4.78 is 6.57. The number of benzene rings is 2. The van der Waals surface area contributed by atoms with E-state index in [2.05, 4.69) is 15.9 Å². The summed E-state index contributed by atoms with van der Waals surface area (Å²) >= 11 is 15.5. The van der Waals surface area contributed by atoms with Crippen molar-refractivity contribution in [2.75, 3.05) is 6.54 Å². The molecule has 5 heteroatoms. The number of hydrogen-bond acceptors (Lipinski definition) is 2. The highest BCUT2D eigenvalue weighted by atomic mass is 79.9. The molecule has 2 rings (SSSR count). The average molecular weight is 361 g/mol. The third kappa shape index (κ3) is 3.63. The van der Waals surface area contributed by atoms with Crippen molar-refractivity contribution in [2.24, 2.45) is 5.73 Å². The maximum atomic E-state index is 6.14. The van der Waals surface area contributed by atoms with Crippen LogP contribution >= 0.6 is 39.1 Å². The van der Waals surface area contributed by atoms with E-state index in [0.717, 1.165) is 22.2 Å². The van der Waals surface area contributed by atoms with Crippen molar-refractivity contribution in [1.82, 2.24) is 0 Å². The number of ether oxygens (including phenoxy) is 1. The van der Waals surface area contributed by atoms with E-state index in [-0.39, 0.29) is 0 Å². The highest BCUT2D eigenvalue weighted by Crippen LogP contribution is 2.37. The van der Waals surface area contributed by atoms with Crippen molar-refractivity contribution in [3.8, 4) is 11.5 Å². The van der Waals surface area contributed by atoms with Crippen LogP contribution < -0.4 is 10.5 Å². The van der Waals surface area contributed by atoms with Gasteiger partial charge in [-0.2, -0.15) is 0 Å². The molecule has 2 nitrogen and oxygen atoms in total. The molecule has 0 heterocycles. The van der Waals surface area contributed by atoms with E-state index < -0.39 is 0 Å². The SMILES string of the molecule is NCCc1ccccc1Oc1cc(Cl)c(Br)cc1Cl. The van der Waals surface area contributed by atoms with E-state index in [9.17, 15) is 0 Å². The first-order chi connectivity index (χ1) is 9.11. The van der Waals surface area contributed by atoms with Crippen LogP contribution in [0.1, 0.15) is 5.56 Å². The Kier molecular flexibility index (Phi) is 5.11. The molecule has 0 bridgehead atoms. The van der Waals surface area contributed by atoms with Gasteiger partial charge >= 0.3 is 0 Å². The van der Waals surface area contributed by atoms with Crippen molar-refractivity contribution in [3.05, 3.63) is 56.5 Å². The molecule has 0 fully saturated rings. The molecule has 0 radical (unpaired) electrons. The molecule has 100 valence electrons. The lowest BCUT2D eigenvalue weighted by Crippen LogP contribution is -2.04. The molecular weight excluding hydrogens is 349 g/mol. The maximum Gasteiger partial charge on any atom is 0.147 e. The number of nitrogens with two attached hydrogens (primary N) is 1. The molecule has 0 aliphatic rings. The molecule has 0 amide bonds. The number of hydrogen-bond donors (Lipinski definition) is 1. The molecule has 0 aliphatic carbocycles. The van der Waals surface area contributed by atoms with Crippen LogP contribution in [-0.4, -0.2) is 6.54 Å². The van der Waals surface area contributed by atoms with Crippen LogP contribution in [0, 0.1) is 0 Å². The summed E-state index contributed by atoms with van der Waals surface area (Å²) in [7, 11) is 0. The first-order valence-corrected chi connectivity index (χ1v) is 7.27. The summed E-state index contributed by atoms with van der Waals surface area (Å²) in [6.45, 7) is 0.565. The second-order valence-corrected chi connectivity index (χ2v) is 5.61. The van der Waals surface area contributed by atoms with Crippen LogP contribution in [-0.2, 0) is 6.42 Å². The smallest absolute Gasteiger partial charge is 0.147 e.